The van der Waals surface area contributed by atoms with E-state index in [1.54, 1.807) is 0 Å². The van der Waals surface area contributed by atoms with Crippen molar-refractivity contribution < 1.29 is 13.2 Å². The number of ether oxygens (including phenoxy) is 1. The smallest absolute Gasteiger partial charge is 0.241 e. The zero-order chi connectivity index (χ0) is 18.9. The molecule has 1 saturated heterocycles. The fraction of sp³-hybridized carbons (Fsp3) is 0.400. The van der Waals surface area contributed by atoms with Gasteiger partial charge in [-0.15, -0.1) is 11.3 Å². The van der Waals surface area contributed by atoms with Gasteiger partial charge in [0.15, 0.2) is 0 Å². The first-order chi connectivity index (χ1) is 12.3. The number of primary sulfonamides is 1. The number of morpholine rings is 1. The van der Waals surface area contributed by atoms with E-state index >= 15 is 0 Å². The quantitative estimate of drug-likeness (QED) is 0.746. The van der Waals surface area contributed by atoms with Crippen LogP contribution in [0.3, 0.4) is 0 Å². The number of benzene rings is 1. The lowest BCUT2D eigenvalue weighted by molar-refractivity contribution is 0.0383. The summed E-state index contributed by atoms with van der Waals surface area (Å²) in [5, 5.41) is 7.65. The van der Waals surface area contributed by atoms with E-state index < -0.39 is 10.0 Å². The number of hydrogen-bond donors (Lipinski definition) is 1. The van der Waals surface area contributed by atoms with Crippen LogP contribution in [0.25, 0.3) is 10.6 Å². The number of halogens is 3. The molecule has 0 amide bonds. The summed E-state index contributed by atoms with van der Waals surface area (Å²) in [6, 6.07) is 1.32. The molecule has 11 heteroatoms. The summed E-state index contributed by atoms with van der Waals surface area (Å²) < 4.78 is 28.9. The number of rotatable bonds is 5. The van der Waals surface area contributed by atoms with Crippen molar-refractivity contribution in [2.45, 2.75) is 11.3 Å². The van der Waals surface area contributed by atoms with Crippen LogP contribution in [0, 0.1) is 0 Å². The van der Waals surface area contributed by atoms with Gasteiger partial charge >= 0.3 is 0 Å². The molecule has 26 heavy (non-hydrogen) atoms. The number of nitrogens with two attached hydrogens (primary N) is 1. The lowest BCUT2D eigenvalue weighted by Gasteiger charge is -2.26. The molecule has 0 saturated carbocycles. The number of nitrogens with zero attached hydrogens (tertiary/aromatic N) is 2. The van der Waals surface area contributed by atoms with Gasteiger partial charge in [-0.2, -0.15) is 0 Å². The fourth-order valence-corrected chi connectivity index (χ4v) is 5.96. The van der Waals surface area contributed by atoms with E-state index in [4.69, 9.17) is 44.7 Å². The van der Waals surface area contributed by atoms with Crippen LogP contribution in [0.15, 0.2) is 16.3 Å². The number of aromatic nitrogens is 1. The van der Waals surface area contributed by atoms with E-state index in [2.05, 4.69) is 9.88 Å². The molecule has 1 aliphatic rings. The van der Waals surface area contributed by atoms with Crippen molar-refractivity contribution in [2.75, 3.05) is 32.8 Å². The molecule has 142 valence electrons. The lowest BCUT2D eigenvalue weighted by atomic mass is 10.2. The fourth-order valence-electron chi connectivity index (χ4n) is 2.66. The third kappa shape index (κ3) is 4.51. The van der Waals surface area contributed by atoms with Gasteiger partial charge in [-0.05, 0) is 6.07 Å². The Labute approximate surface area is 170 Å². The van der Waals surface area contributed by atoms with Gasteiger partial charge in [0.2, 0.25) is 10.0 Å². The van der Waals surface area contributed by atoms with Crippen molar-refractivity contribution >= 4 is 56.2 Å². The van der Waals surface area contributed by atoms with Gasteiger partial charge in [0.05, 0.1) is 34.0 Å². The van der Waals surface area contributed by atoms with E-state index in [0.717, 1.165) is 45.0 Å². The summed E-state index contributed by atoms with van der Waals surface area (Å²) in [7, 11) is -4.09. The number of hydrogen-bond acceptors (Lipinski definition) is 6. The first kappa shape index (κ1) is 20.3. The second-order valence-electron chi connectivity index (χ2n) is 5.75. The maximum Gasteiger partial charge on any atom is 0.241 e. The average molecular weight is 457 g/mol. The maximum atomic E-state index is 11.8. The third-order valence-corrected chi connectivity index (χ3v) is 7.07. The molecule has 1 aromatic carbocycles. The third-order valence-electron chi connectivity index (χ3n) is 3.97. The van der Waals surface area contributed by atoms with E-state index in [-0.39, 0.29) is 20.0 Å². The molecule has 2 heterocycles. The van der Waals surface area contributed by atoms with Gasteiger partial charge in [0.25, 0.3) is 0 Å². The molecule has 3 rings (SSSR count). The van der Waals surface area contributed by atoms with Gasteiger partial charge in [-0.25, -0.2) is 18.5 Å². The average Bonchev–Trinajstić information content (AvgIpc) is 3.00. The lowest BCUT2D eigenvalue weighted by Crippen LogP contribution is -2.37. The predicted octanol–water partition coefficient (Wildman–Crippen LogP) is 3.29. The molecular weight excluding hydrogens is 441 g/mol. The second-order valence-corrected chi connectivity index (χ2v) is 9.30. The van der Waals surface area contributed by atoms with Crippen LogP contribution in [-0.4, -0.2) is 51.1 Å². The Kier molecular flexibility index (Phi) is 6.46. The summed E-state index contributed by atoms with van der Waals surface area (Å²) in [5.74, 6) is 0. The Bertz CT molecular complexity index is 912. The van der Waals surface area contributed by atoms with Crippen molar-refractivity contribution in [1.29, 1.82) is 0 Å². The van der Waals surface area contributed by atoms with E-state index in [0.29, 0.717) is 10.6 Å². The standard InChI is InChI=1S/C15H16Cl3N3O3S2/c16-10-7-11(17)14(26(19,22)23)13(18)12(10)15-20-9(8-25-15)1-2-21-3-5-24-6-4-21/h7-8H,1-6H2,(H2,19,22,23). The van der Waals surface area contributed by atoms with Crippen LogP contribution in [0.4, 0.5) is 0 Å². The van der Waals surface area contributed by atoms with Crippen LogP contribution in [0.5, 0.6) is 0 Å². The van der Waals surface area contributed by atoms with Crippen LogP contribution in [0.1, 0.15) is 5.69 Å². The van der Waals surface area contributed by atoms with Crippen molar-refractivity contribution in [3.63, 3.8) is 0 Å². The summed E-state index contributed by atoms with van der Waals surface area (Å²) in [4.78, 5) is 6.52. The van der Waals surface area contributed by atoms with E-state index in [1.807, 2.05) is 5.38 Å². The maximum absolute atomic E-state index is 11.8. The Morgan fingerprint density at radius 3 is 2.58 bits per heavy atom. The zero-order valence-electron chi connectivity index (χ0n) is 13.5. The van der Waals surface area contributed by atoms with Gasteiger partial charge in [0, 0.05) is 37.0 Å². The van der Waals surface area contributed by atoms with Crippen LogP contribution in [-0.2, 0) is 21.2 Å². The van der Waals surface area contributed by atoms with Gasteiger partial charge in [-0.3, -0.25) is 4.90 Å². The molecule has 0 aliphatic carbocycles. The van der Waals surface area contributed by atoms with Crippen molar-refractivity contribution in [3.8, 4) is 10.6 Å². The van der Waals surface area contributed by atoms with Crippen LogP contribution >= 0.6 is 46.1 Å². The van der Waals surface area contributed by atoms with E-state index in [1.165, 1.54) is 17.4 Å². The predicted molar refractivity (Wildman–Crippen MR) is 105 cm³/mol. The van der Waals surface area contributed by atoms with Crippen LogP contribution in [0.2, 0.25) is 15.1 Å². The minimum atomic E-state index is -4.09. The first-order valence-electron chi connectivity index (χ1n) is 7.72. The minimum Gasteiger partial charge on any atom is -0.379 e. The molecule has 0 unspecified atom stereocenters. The normalized spacial score (nSPS) is 16.2. The zero-order valence-corrected chi connectivity index (χ0v) is 17.4. The molecule has 1 aliphatic heterocycles. The van der Waals surface area contributed by atoms with Gasteiger partial charge < -0.3 is 4.74 Å². The van der Waals surface area contributed by atoms with Crippen molar-refractivity contribution in [1.82, 2.24) is 9.88 Å². The van der Waals surface area contributed by atoms with Crippen LogP contribution < -0.4 is 5.14 Å². The Hall–Kier alpha value is -0.450. The highest BCUT2D eigenvalue weighted by Gasteiger charge is 2.25. The molecular formula is C15H16Cl3N3O3S2. The molecule has 2 aromatic rings. The topological polar surface area (TPSA) is 85.5 Å². The van der Waals surface area contributed by atoms with E-state index in [9.17, 15) is 8.42 Å². The molecule has 0 atom stereocenters. The largest absolute Gasteiger partial charge is 0.379 e. The minimum absolute atomic E-state index is 0.112. The SMILES string of the molecule is NS(=O)(=O)c1c(Cl)cc(Cl)c(-c2nc(CCN3CCOCC3)cs2)c1Cl. The number of sulfonamides is 1. The molecule has 6 nitrogen and oxygen atoms in total. The molecule has 0 bridgehead atoms. The van der Waals surface area contributed by atoms with Gasteiger partial charge in [0.1, 0.15) is 9.90 Å². The summed E-state index contributed by atoms with van der Waals surface area (Å²) in [6.45, 7) is 4.17. The molecule has 0 spiro atoms. The molecule has 0 radical (unpaired) electrons. The Morgan fingerprint density at radius 1 is 1.23 bits per heavy atom. The molecule has 1 aromatic heterocycles. The highest BCUT2D eigenvalue weighted by molar-refractivity contribution is 7.89. The highest BCUT2D eigenvalue weighted by Crippen LogP contribution is 2.43. The monoisotopic (exact) mass is 455 g/mol. The van der Waals surface area contributed by atoms with Gasteiger partial charge in [-0.1, -0.05) is 34.8 Å². The first-order valence-corrected chi connectivity index (χ1v) is 11.3. The second kappa shape index (κ2) is 8.28. The Balaban J connectivity index is 1.87. The summed E-state index contributed by atoms with van der Waals surface area (Å²) in [6.07, 6.45) is 0.765. The Morgan fingerprint density at radius 2 is 1.92 bits per heavy atom. The highest BCUT2D eigenvalue weighted by atomic mass is 35.5. The molecule has 1 fully saturated rings. The van der Waals surface area contributed by atoms with Crippen molar-refractivity contribution in [3.05, 3.63) is 32.2 Å². The summed E-state index contributed by atoms with van der Waals surface area (Å²) >= 11 is 19.8. The summed E-state index contributed by atoms with van der Waals surface area (Å²) in [5.41, 5.74) is 1.21. The molecule has 2 N–H and O–H groups in total. The number of thiazole rings is 1. The van der Waals surface area contributed by atoms with Crippen molar-refractivity contribution in [2.24, 2.45) is 5.14 Å².